The van der Waals surface area contributed by atoms with Crippen molar-refractivity contribution in [3.05, 3.63) is 90.0 Å². The van der Waals surface area contributed by atoms with Crippen LogP contribution in [0.15, 0.2) is 78.9 Å². The molecule has 2 aliphatic heterocycles. The standard InChI is InChI=1S/C42H64N2O10Si2/c1-41(2,3)55(8,9)49-27-35-32(43)21-23-38(53-35)52-34-22-24-37(54-36(34)28-50-56(10,11)42(4,5)6)51-31-19-17-29(18-20-31)25-33(39(45)47-7)44-40(46)48-26-30-15-13-12-14-16-30/h12-24,32-38H,25-28,43H2,1-11H3,(H,44,46)/t32-,33+,34-,35+,36+,37-,38-/m0/s1. The quantitative estimate of drug-likeness (QED) is 0.0994. The van der Waals surface area contributed by atoms with Crippen LogP contribution in [-0.2, 0) is 50.4 Å². The lowest BCUT2D eigenvalue weighted by Crippen LogP contribution is -2.51. The van der Waals surface area contributed by atoms with Gasteiger partial charge in [-0.3, -0.25) is 0 Å². The van der Waals surface area contributed by atoms with Crippen LogP contribution in [0.25, 0.3) is 0 Å². The molecule has 0 radical (unpaired) electrons. The first-order valence-corrected chi connectivity index (χ1v) is 25.2. The lowest BCUT2D eigenvalue weighted by Gasteiger charge is -2.41. The average Bonchev–Trinajstić information content (AvgIpc) is 3.13. The van der Waals surface area contributed by atoms with Gasteiger partial charge in [-0.1, -0.05) is 96.2 Å². The van der Waals surface area contributed by atoms with E-state index in [-0.39, 0.29) is 35.3 Å². The third-order valence-corrected chi connectivity index (χ3v) is 20.1. The molecule has 56 heavy (non-hydrogen) atoms. The van der Waals surface area contributed by atoms with Crippen LogP contribution < -0.4 is 15.8 Å². The maximum atomic E-state index is 12.6. The number of benzene rings is 2. The zero-order chi connectivity index (χ0) is 41.3. The first kappa shape index (κ1) is 45.4. The second-order valence-corrected chi connectivity index (χ2v) is 27.0. The Labute approximate surface area is 335 Å². The summed E-state index contributed by atoms with van der Waals surface area (Å²) in [5.74, 6) is -0.0359. The van der Waals surface area contributed by atoms with Crippen molar-refractivity contribution in [3.63, 3.8) is 0 Å². The number of ether oxygens (including phenoxy) is 6. The van der Waals surface area contributed by atoms with Gasteiger partial charge >= 0.3 is 12.1 Å². The Morgan fingerprint density at radius 1 is 0.768 bits per heavy atom. The predicted molar refractivity (Wildman–Crippen MR) is 221 cm³/mol. The van der Waals surface area contributed by atoms with E-state index in [0.717, 1.165) is 11.1 Å². The molecule has 12 nitrogen and oxygen atoms in total. The van der Waals surface area contributed by atoms with E-state index < -0.39 is 59.5 Å². The third kappa shape index (κ3) is 13.1. The lowest BCUT2D eigenvalue weighted by atomic mass is 10.1. The molecule has 4 rings (SSSR count). The van der Waals surface area contributed by atoms with Crippen LogP contribution in [0.5, 0.6) is 5.75 Å². The number of esters is 1. The Balaban J connectivity index is 1.40. The largest absolute Gasteiger partial charge is 0.467 e. The fourth-order valence-electron chi connectivity index (χ4n) is 5.32. The van der Waals surface area contributed by atoms with E-state index in [1.165, 1.54) is 7.11 Å². The molecule has 1 amide bonds. The van der Waals surface area contributed by atoms with Crippen molar-refractivity contribution in [2.45, 2.75) is 134 Å². The summed E-state index contributed by atoms with van der Waals surface area (Å²) in [4.78, 5) is 25.1. The predicted octanol–water partition coefficient (Wildman–Crippen LogP) is 7.39. The maximum Gasteiger partial charge on any atom is 0.408 e. The molecule has 2 heterocycles. The summed E-state index contributed by atoms with van der Waals surface area (Å²) in [6.07, 6.45) is 4.24. The first-order chi connectivity index (χ1) is 26.2. The average molecular weight is 813 g/mol. The van der Waals surface area contributed by atoms with E-state index in [2.05, 4.69) is 73.0 Å². The lowest BCUT2D eigenvalue weighted by molar-refractivity contribution is -0.216. The number of carbonyl (C=O) groups is 2. The van der Waals surface area contributed by atoms with Gasteiger partial charge in [-0.15, -0.1) is 0 Å². The molecule has 0 aliphatic carbocycles. The Kier molecular flexibility index (Phi) is 15.7. The van der Waals surface area contributed by atoms with Crippen LogP contribution in [0.3, 0.4) is 0 Å². The van der Waals surface area contributed by atoms with Crippen LogP contribution in [0.2, 0.25) is 36.3 Å². The van der Waals surface area contributed by atoms with Crippen molar-refractivity contribution in [2.75, 3.05) is 20.3 Å². The molecule has 0 fully saturated rings. The van der Waals surface area contributed by atoms with Gasteiger partial charge < -0.3 is 48.3 Å². The van der Waals surface area contributed by atoms with E-state index in [0.29, 0.717) is 19.0 Å². The van der Waals surface area contributed by atoms with Gasteiger partial charge in [0.15, 0.2) is 22.9 Å². The van der Waals surface area contributed by atoms with Crippen molar-refractivity contribution in [3.8, 4) is 5.75 Å². The van der Waals surface area contributed by atoms with Crippen LogP contribution in [0.4, 0.5) is 4.79 Å². The second kappa shape index (κ2) is 19.4. The molecule has 2 aliphatic rings. The number of amides is 1. The SMILES string of the molecule is COC(=O)[C@@H](Cc1ccc(O[C@@H]2C=C[C@H](O[C@@H]3C=C[C@H](N)[C@@H](CO[Si](C)(C)C(C)(C)C)O3)[C@@H](CO[Si](C)(C)C(C)(C)C)O2)cc1)NC(=O)OCc1ccccc1. The summed E-state index contributed by atoms with van der Waals surface area (Å²) in [5, 5.41) is 2.68. The summed E-state index contributed by atoms with van der Waals surface area (Å²) in [7, 11) is -2.87. The molecule has 14 heteroatoms. The highest BCUT2D eigenvalue weighted by atomic mass is 28.4. The minimum absolute atomic E-state index is 0.000894. The summed E-state index contributed by atoms with van der Waals surface area (Å²) in [6, 6.07) is 15.2. The van der Waals surface area contributed by atoms with Gasteiger partial charge in [-0.05, 0) is 71.7 Å². The first-order valence-electron chi connectivity index (χ1n) is 19.3. The van der Waals surface area contributed by atoms with Crippen LogP contribution in [0, 0.1) is 0 Å². The number of carbonyl (C=O) groups excluding carboxylic acids is 2. The zero-order valence-electron chi connectivity index (χ0n) is 35.0. The number of hydrogen-bond donors (Lipinski definition) is 2. The van der Waals surface area contributed by atoms with Crippen LogP contribution >= 0.6 is 0 Å². The van der Waals surface area contributed by atoms with Gasteiger partial charge in [0.05, 0.1) is 26.4 Å². The minimum atomic E-state index is -2.13. The van der Waals surface area contributed by atoms with E-state index in [1.807, 2.05) is 66.8 Å². The normalized spacial score (nSPS) is 23.6. The highest BCUT2D eigenvalue weighted by Crippen LogP contribution is 2.38. The molecule has 310 valence electrons. The van der Waals surface area contributed by atoms with E-state index >= 15 is 0 Å². The van der Waals surface area contributed by atoms with Crippen LogP contribution in [-0.4, -0.2) is 92.0 Å². The molecule has 0 unspecified atom stereocenters. The summed E-state index contributed by atoms with van der Waals surface area (Å²) < 4.78 is 48.9. The van der Waals surface area contributed by atoms with Gasteiger partial charge in [0.2, 0.25) is 6.29 Å². The summed E-state index contributed by atoms with van der Waals surface area (Å²) >= 11 is 0. The minimum Gasteiger partial charge on any atom is -0.467 e. The Morgan fingerprint density at radius 3 is 1.93 bits per heavy atom. The molecular weight excluding hydrogens is 749 g/mol. The van der Waals surface area contributed by atoms with Gasteiger partial charge in [0.25, 0.3) is 0 Å². The molecule has 0 spiro atoms. The van der Waals surface area contributed by atoms with E-state index in [4.69, 9.17) is 43.0 Å². The Morgan fingerprint density at radius 2 is 1.34 bits per heavy atom. The van der Waals surface area contributed by atoms with Gasteiger partial charge in [0, 0.05) is 6.42 Å². The van der Waals surface area contributed by atoms with Crippen molar-refractivity contribution in [1.82, 2.24) is 5.32 Å². The summed E-state index contributed by atoms with van der Waals surface area (Å²) in [5.41, 5.74) is 8.03. The summed E-state index contributed by atoms with van der Waals surface area (Å²) in [6.45, 7) is 22.8. The third-order valence-electron chi connectivity index (χ3n) is 11.1. The topological polar surface area (TPSA) is 146 Å². The van der Waals surface area contributed by atoms with Crippen molar-refractivity contribution < 1.29 is 46.9 Å². The van der Waals surface area contributed by atoms with Gasteiger partial charge in [-0.25, -0.2) is 9.59 Å². The number of rotatable bonds is 16. The molecule has 2 aromatic carbocycles. The molecule has 7 atom stereocenters. The molecule has 0 aromatic heterocycles. The monoisotopic (exact) mass is 812 g/mol. The van der Waals surface area contributed by atoms with E-state index in [1.54, 1.807) is 12.1 Å². The van der Waals surface area contributed by atoms with E-state index in [9.17, 15) is 9.59 Å². The van der Waals surface area contributed by atoms with Crippen LogP contribution in [0.1, 0.15) is 52.7 Å². The number of nitrogens with two attached hydrogens (primary N) is 1. The zero-order valence-corrected chi connectivity index (χ0v) is 37.0. The van der Waals surface area contributed by atoms with Crippen molar-refractivity contribution >= 4 is 28.7 Å². The fourth-order valence-corrected chi connectivity index (χ4v) is 7.35. The van der Waals surface area contributed by atoms with Gasteiger partial charge in [0.1, 0.15) is 36.7 Å². The smallest absolute Gasteiger partial charge is 0.408 e. The number of nitrogens with one attached hydrogen (secondary N) is 1. The molecule has 0 bridgehead atoms. The number of methoxy groups -OCH3 is 1. The molecule has 0 saturated carbocycles. The second-order valence-electron chi connectivity index (χ2n) is 17.4. The maximum absolute atomic E-state index is 12.6. The van der Waals surface area contributed by atoms with Gasteiger partial charge in [-0.2, -0.15) is 0 Å². The number of alkyl carbamates (subject to hydrolysis) is 1. The molecular formula is C42H64N2O10Si2. The fraction of sp³-hybridized carbons (Fsp3) is 0.571. The molecule has 0 saturated heterocycles. The molecule has 2 aromatic rings. The molecule has 3 N–H and O–H groups in total. The highest BCUT2D eigenvalue weighted by molar-refractivity contribution is 6.74. The number of hydrogen-bond acceptors (Lipinski definition) is 11. The van der Waals surface area contributed by atoms with Crippen molar-refractivity contribution in [1.29, 1.82) is 0 Å². The Bertz CT molecular complexity index is 1620. The Hall–Kier alpha value is -3.35. The highest BCUT2D eigenvalue weighted by Gasteiger charge is 2.41. The van der Waals surface area contributed by atoms with Crippen molar-refractivity contribution in [2.24, 2.45) is 5.73 Å².